The quantitative estimate of drug-likeness (QED) is 0.599. The van der Waals surface area contributed by atoms with Crippen LogP contribution in [0, 0.1) is 18.8 Å². The van der Waals surface area contributed by atoms with E-state index in [0.717, 1.165) is 5.56 Å². The minimum absolute atomic E-state index is 0.0478. The molecule has 2 aromatic rings. The van der Waals surface area contributed by atoms with Gasteiger partial charge in [0.05, 0.1) is 24.5 Å². The lowest BCUT2D eigenvalue weighted by Crippen LogP contribution is -2.54. The maximum Gasteiger partial charge on any atom is 0.250 e. The van der Waals surface area contributed by atoms with Crippen molar-refractivity contribution in [2.45, 2.75) is 38.1 Å². The molecule has 0 aliphatic carbocycles. The summed E-state index contributed by atoms with van der Waals surface area (Å²) in [4.78, 5) is 41.9. The van der Waals surface area contributed by atoms with E-state index in [1.807, 2.05) is 19.1 Å². The molecule has 170 valence electrons. The number of fused-ring (bicyclic) bond motifs is 5. The highest BCUT2D eigenvalue weighted by Gasteiger charge is 2.71. The number of aliphatic hydroxyl groups excluding tert-OH is 1. The van der Waals surface area contributed by atoms with E-state index in [1.54, 1.807) is 31.2 Å². The standard InChI is InChI=1S/C24H23N3O6/c1-11-3-5-15-14(7-11)24(23(31)25-15)19-18(20(26-24)12(2)28)21(29)27(22(19)30)9-13-4-6-16-17(8-13)33-10-32-16/h3-8,12,18-20,26,28H,9-10H2,1-2H3,(H,25,31)/t12-,18+,19-,20+,24+/m1/s1. The number of carbonyl (C=O) groups excluding carboxylic acids is 3. The summed E-state index contributed by atoms with van der Waals surface area (Å²) in [5.41, 5.74) is 1.47. The van der Waals surface area contributed by atoms with E-state index >= 15 is 0 Å². The maximum atomic E-state index is 13.8. The van der Waals surface area contributed by atoms with Crippen LogP contribution in [0.1, 0.15) is 23.6 Å². The zero-order valence-corrected chi connectivity index (χ0v) is 18.1. The second kappa shape index (κ2) is 6.79. The second-order valence-corrected chi connectivity index (χ2v) is 9.18. The molecular weight excluding hydrogens is 426 g/mol. The van der Waals surface area contributed by atoms with Crippen molar-refractivity contribution >= 4 is 23.4 Å². The second-order valence-electron chi connectivity index (χ2n) is 9.18. The lowest BCUT2D eigenvalue weighted by Gasteiger charge is -2.30. The molecule has 2 saturated heterocycles. The summed E-state index contributed by atoms with van der Waals surface area (Å²) in [6.07, 6.45) is -0.944. The third kappa shape index (κ3) is 2.63. The molecule has 2 aromatic carbocycles. The molecule has 33 heavy (non-hydrogen) atoms. The topological polar surface area (TPSA) is 117 Å². The maximum absolute atomic E-state index is 13.8. The minimum Gasteiger partial charge on any atom is -0.454 e. The van der Waals surface area contributed by atoms with Gasteiger partial charge in [-0.2, -0.15) is 0 Å². The number of ether oxygens (including phenoxy) is 2. The molecule has 9 nitrogen and oxygen atoms in total. The Labute approximate surface area is 189 Å². The van der Waals surface area contributed by atoms with E-state index in [9.17, 15) is 19.5 Å². The Hall–Kier alpha value is -3.43. The summed E-state index contributed by atoms with van der Waals surface area (Å²) in [5, 5.41) is 16.6. The predicted octanol–water partition coefficient (Wildman–Crippen LogP) is 1.03. The van der Waals surface area contributed by atoms with Crippen molar-refractivity contribution in [3.05, 3.63) is 53.1 Å². The van der Waals surface area contributed by atoms with Crippen LogP contribution in [0.5, 0.6) is 11.5 Å². The molecule has 5 atom stereocenters. The van der Waals surface area contributed by atoms with Crippen LogP contribution in [0.25, 0.3) is 0 Å². The molecule has 4 aliphatic heterocycles. The molecule has 3 amide bonds. The van der Waals surface area contributed by atoms with Crippen LogP contribution < -0.4 is 20.1 Å². The Kier molecular flexibility index (Phi) is 4.15. The van der Waals surface area contributed by atoms with Gasteiger partial charge < -0.3 is 19.9 Å². The third-order valence-corrected chi connectivity index (χ3v) is 7.19. The number of hydrogen-bond donors (Lipinski definition) is 3. The third-order valence-electron chi connectivity index (χ3n) is 7.19. The monoisotopic (exact) mass is 449 g/mol. The number of likely N-dealkylation sites (tertiary alicyclic amines) is 1. The summed E-state index contributed by atoms with van der Waals surface area (Å²) >= 11 is 0. The first kappa shape index (κ1) is 20.2. The van der Waals surface area contributed by atoms with Crippen molar-refractivity contribution in [2.75, 3.05) is 12.1 Å². The summed E-state index contributed by atoms with van der Waals surface area (Å²) < 4.78 is 10.7. The molecule has 0 bridgehead atoms. The number of nitrogens with one attached hydrogen (secondary N) is 2. The summed E-state index contributed by atoms with van der Waals surface area (Å²) in [6, 6.07) is 10.1. The van der Waals surface area contributed by atoms with Crippen molar-refractivity contribution in [3.8, 4) is 11.5 Å². The van der Waals surface area contributed by atoms with Crippen molar-refractivity contribution in [2.24, 2.45) is 11.8 Å². The molecule has 6 rings (SSSR count). The van der Waals surface area contributed by atoms with E-state index in [-0.39, 0.29) is 19.2 Å². The fraction of sp³-hybridized carbons (Fsp3) is 0.375. The average molecular weight is 449 g/mol. The Bertz CT molecular complexity index is 1230. The zero-order chi connectivity index (χ0) is 23.1. The van der Waals surface area contributed by atoms with Crippen LogP contribution in [0.15, 0.2) is 36.4 Å². The number of amides is 3. The summed E-state index contributed by atoms with van der Waals surface area (Å²) in [5.74, 6) is -1.85. The molecule has 4 heterocycles. The van der Waals surface area contributed by atoms with E-state index in [2.05, 4.69) is 10.6 Å². The van der Waals surface area contributed by atoms with Crippen LogP contribution in [-0.4, -0.2) is 46.7 Å². The Balaban J connectivity index is 1.42. The molecule has 0 saturated carbocycles. The number of hydrogen-bond acceptors (Lipinski definition) is 7. The Morgan fingerprint density at radius 2 is 1.91 bits per heavy atom. The summed E-state index contributed by atoms with van der Waals surface area (Å²) in [6.45, 7) is 3.65. The van der Waals surface area contributed by atoms with Gasteiger partial charge in [-0.15, -0.1) is 0 Å². The van der Waals surface area contributed by atoms with E-state index in [1.165, 1.54) is 4.90 Å². The SMILES string of the molecule is Cc1ccc2c(c1)[C@@]1(N[C@@H]([C@@H](C)O)[C@H]3C(=O)N(Cc4ccc5c(c4)OCO5)C(=O)[C@@H]31)C(=O)N2. The molecule has 9 heteroatoms. The first-order valence-corrected chi connectivity index (χ1v) is 10.9. The number of carbonyl (C=O) groups is 3. The van der Waals surface area contributed by atoms with Crippen LogP contribution in [0.2, 0.25) is 0 Å². The fourth-order valence-electron chi connectivity index (χ4n) is 5.70. The summed E-state index contributed by atoms with van der Waals surface area (Å²) in [7, 11) is 0. The molecule has 2 fully saturated rings. The molecule has 0 radical (unpaired) electrons. The molecular formula is C24H23N3O6. The van der Waals surface area contributed by atoms with Crippen LogP contribution in [0.3, 0.4) is 0 Å². The van der Waals surface area contributed by atoms with E-state index in [4.69, 9.17) is 9.47 Å². The van der Waals surface area contributed by atoms with Gasteiger partial charge in [0.2, 0.25) is 24.5 Å². The minimum atomic E-state index is -1.41. The van der Waals surface area contributed by atoms with Crippen LogP contribution in [-0.2, 0) is 26.5 Å². The number of imide groups is 1. The van der Waals surface area contributed by atoms with Crippen molar-refractivity contribution in [1.82, 2.24) is 10.2 Å². The van der Waals surface area contributed by atoms with Gasteiger partial charge >= 0.3 is 0 Å². The lowest BCUT2D eigenvalue weighted by molar-refractivity contribution is -0.143. The van der Waals surface area contributed by atoms with Gasteiger partial charge in [-0.1, -0.05) is 23.8 Å². The number of benzene rings is 2. The number of aryl methyl sites for hydroxylation is 1. The number of rotatable bonds is 3. The largest absolute Gasteiger partial charge is 0.454 e. The average Bonchev–Trinajstić information content (AvgIpc) is 3.51. The highest BCUT2D eigenvalue weighted by atomic mass is 16.7. The number of aliphatic hydroxyl groups is 1. The van der Waals surface area contributed by atoms with Crippen molar-refractivity contribution in [3.63, 3.8) is 0 Å². The number of nitrogens with zero attached hydrogens (tertiary/aromatic N) is 1. The Morgan fingerprint density at radius 3 is 2.70 bits per heavy atom. The zero-order valence-electron chi connectivity index (χ0n) is 18.1. The van der Waals surface area contributed by atoms with Crippen LogP contribution >= 0.6 is 0 Å². The molecule has 4 aliphatic rings. The van der Waals surface area contributed by atoms with E-state index < -0.39 is 41.3 Å². The fourth-order valence-corrected chi connectivity index (χ4v) is 5.70. The molecule has 3 N–H and O–H groups in total. The normalized spacial score (nSPS) is 30.1. The first-order chi connectivity index (χ1) is 15.8. The molecule has 0 aromatic heterocycles. The first-order valence-electron chi connectivity index (χ1n) is 10.9. The Morgan fingerprint density at radius 1 is 1.12 bits per heavy atom. The number of anilines is 1. The van der Waals surface area contributed by atoms with Gasteiger partial charge in [0.15, 0.2) is 11.5 Å². The predicted molar refractivity (Wildman–Crippen MR) is 115 cm³/mol. The van der Waals surface area contributed by atoms with Crippen molar-refractivity contribution < 1.29 is 29.0 Å². The van der Waals surface area contributed by atoms with Gasteiger partial charge in [-0.25, -0.2) is 0 Å². The highest BCUT2D eigenvalue weighted by molar-refractivity contribution is 6.15. The van der Waals surface area contributed by atoms with E-state index in [0.29, 0.717) is 28.3 Å². The van der Waals surface area contributed by atoms with Crippen LogP contribution in [0.4, 0.5) is 5.69 Å². The smallest absolute Gasteiger partial charge is 0.250 e. The molecule has 1 spiro atoms. The van der Waals surface area contributed by atoms with Gasteiger partial charge in [-0.05, 0) is 37.6 Å². The van der Waals surface area contributed by atoms with Gasteiger partial charge in [0.1, 0.15) is 5.54 Å². The molecule has 0 unspecified atom stereocenters. The van der Waals surface area contributed by atoms with Gasteiger partial charge in [-0.3, -0.25) is 24.6 Å². The van der Waals surface area contributed by atoms with Crippen molar-refractivity contribution in [1.29, 1.82) is 0 Å². The van der Waals surface area contributed by atoms with Gasteiger partial charge in [0, 0.05) is 17.3 Å². The van der Waals surface area contributed by atoms with Gasteiger partial charge in [0.25, 0.3) is 0 Å². The highest BCUT2D eigenvalue weighted by Crippen LogP contribution is 2.53. The lowest BCUT2D eigenvalue weighted by atomic mass is 9.76.